The smallest absolute Gasteiger partial charge is 0.259 e. The van der Waals surface area contributed by atoms with Crippen LogP contribution in [-0.4, -0.2) is 42.0 Å². The topological polar surface area (TPSA) is 118 Å². The fourth-order valence-electron chi connectivity index (χ4n) is 1.49. The zero-order valence-corrected chi connectivity index (χ0v) is 10.3. The lowest BCUT2D eigenvalue weighted by Crippen LogP contribution is -2.48. The van der Waals surface area contributed by atoms with Crippen molar-refractivity contribution < 1.29 is 18.4 Å². The van der Waals surface area contributed by atoms with Crippen LogP contribution in [0.1, 0.15) is 12.8 Å². The zero-order chi connectivity index (χ0) is 12.8. The maximum atomic E-state index is 11.4. The maximum absolute atomic E-state index is 11.4. The van der Waals surface area contributed by atoms with Gasteiger partial charge in [0, 0.05) is 9.93 Å². The molecule has 0 unspecified atom stereocenters. The van der Waals surface area contributed by atoms with E-state index in [1.54, 1.807) is 11.7 Å². The molecule has 0 bridgehead atoms. The number of hydrogen-bond acceptors (Lipinski definition) is 7. The van der Waals surface area contributed by atoms with Gasteiger partial charge in [0.15, 0.2) is 0 Å². The summed E-state index contributed by atoms with van der Waals surface area (Å²) in [6.45, 7) is 0. The Balaban J connectivity index is 0.00000106. The number of carbonyl (C=O) groups excluding carboxylic acids is 1. The molecule has 0 atom stereocenters. The van der Waals surface area contributed by atoms with Crippen LogP contribution < -0.4 is 5.48 Å². The minimum atomic E-state index is -2.98. The predicted molar refractivity (Wildman–Crippen MR) is 60.8 cm³/mol. The molecule has 2 N–H and O–H groups in total. The Labute approximate surface area is 97.1 Å². The normalized spacial score (nSPS) is 21.4. The second kappa shape index (κ2) is 6.16. The van der Waals surface area contributed by atoms with Gasteiger partial charge in [-0.15, -0.1) is 11.8 Å². The number of nitrogens with one attached hydrogen (secondary N) is 1. The molecule has 0 aromatic rings. The zero-order valence-electron chi connectivity index (χ0n) is 8.63. The van der Waals surface area contributed by atoms with Gasteiger partial charge in [-0.3, -0.25) is 10.0 Å². The van der Waals surface area contributed by atoms with Crippen LogP contribution in [0.3, 0.4) is 0 Å². The van der Waals surface area contributed by atoms with Crippen molar-refractivity contribution in [2.75, 3.05) is 17.8 Å². The molecule has 1 aliphatic rings. The minimum absolute atomic E-state index is 0.0151. The number of amides is 1. The van der Waals surface area contributed by atoms with Crippen LogP contribution in [0.25, 0.3) is 0 Å². The van der Waals surface area contributed by atoms with Crippen molar-refractivity contribution in [3.63, 3.8) is 0 Å². The first-order valence-electron chi connectivity index (χ1n) is 4.32. The van der Waals surface area contributed by atoms with Gasteiger partial charge in [-0.25, -0.2) is 13.9 Å². The number of sulfone groups is 1. The number of hydroxylamine groups is 1. The molecule has 9 heteroatoms. The second-order valence-electron chi connectivity index (χ2n) is 3.29. The lowest BCUT2D eigenvalue weighted by Gasteiger charge is -2.32. The molecular weight excluding hydrogens is 258 g/mol. The Kier molecular flexibility index (Phi) is 5.90. The van der Waals surface area contributed by atoms with Crippen LogP contribution in [0, 0.1) is 9.93 Å². The Bertz CT molecular complexity index is 327. The molecule has 0 radical (unpaired) electrons. The van der Waals surface area contributed by atoms with E-state index in [2.05, 4.69) is 0 Å². The SMILES string of the molecule is CSC1(C(=O)NO)CCS(=O)(=O)CC1.O=O. The summed E-state index contributed by atoms with van der Waals surface area (Å²) < 4.78 is 21.5. The van der Waals surface area contributed by atoms with Gasteiger partial charge >= 0.3 is 0 Å². The lowest BCUT2D eigenvalue weighted by molar-refractivity contribution is -0.131. The molecule has 1 heterocycles. The molecule has 94 valence electrons. The number of thioether (sulfide) groups is 1. The lowest BCUT2D eigenvalue weighted by atomic mass is 10.0. The average molecular weight is 271 g/mol. The molecule has 0 aromatic carbocycles. The van der Waals surface area contributed by atoms with Crippen molar-refractivity contribution >= 4 is 27.5 Å². The van der Waals surface area contributed by atoms with Crippen LogP contribution in [0.2, 0.25) is 0 Å². The molecule has 0 aromatic heterocycles. The van der Waals surface area contributed by atoms with Crippen LogP contribution in [-0.2, 0) is 14.6 Å². The van der Waals surface area contributed by atoms with Crippen molar-refractivity contribution in [3.8, 4) is 0 Å². The van der Waals surface area contributed by atoms with Crippen LogP contribution >= 0.6 is 11.8 Å². The van der Waals surface area contributed by atoms with E-state index in [0.29, 0.717) is 0 Å². The van der Waals surface area contributed by atoms with E-state index >= 15 is 0 Å². The fraction of sp³-hybridized carbons (Fsp3) is 0.857. The van der Waals surface area contributed by atoms with Crippen molar-refractivity contribution in [1.29, 1.82) is 0 Å². The van der Waals surface area contributed by atoms with Gasteiger partial charge in [0.1, 0.15) is 9.84 Å². The van der Waals surface area contributed by atoms with Gasteiger partial charge in [0.2, 0.25) is 0 Å². The summed E-state index contributed by atoms with van der Waals surface area (Å²) in [4.78, 5) is 25.4. The van der Waals surface area contributed by atoms with Gasteiger partial charge in [-0.1, -0.05) is 0 Å². The Hall–Kier alpha value is -0.670. The Morgan fingerprint density at radius 1 is 1.31 bits per heavy atom. The molecule has 0 spiro atoms. The van der Waals surface area contributed by atoms with E-state index in [1.165, 1.54) is 11.8 Å². The van der Waals surface area contributed by atoms with E-state index < -0.39 is 20.5 Å². The third-order valence-electron chi connectivity index (χ3n) is 2.54. The molecule has 1 fully saturated rings. The first kappa shape index (κ1) is 15.3. The number of rotatable bonds is 2. The monoisotopic (exact) mass is 271 g/mol. The average Bonchev–Trinajstić information content (AvgIpc) is 2.31. The molecule has 1 aliphatic heterocycles. The van der Waals surface area contributed by atoms with E-state index in [-0.39, 0.29) is 24.3 Å². The predicted octanol–water partition coefficient (Wildman–Crippen LogP) is -0.131. The van der Waals surface area contributed by atoms with E-state index in [0.717, 1.165) is 0 Å². The minimum Gasteiger partial charge on any atom is -0.289 e. The van der Waals surface area contributed by atoms with Crippen LogP contribution in [0.4, 0.5) is 0 Å². The van der Waals surface area contributed by atoms with E-state index in [9.17, 15) is 13.2 Å². The molecular formula is C7H13NO6S2. The highest BCUT2D eigenvalue weighted by atomic mass is 32.2. The van der Waals surface area contributed by atoms with Crippen molar-refractivity contribution in [3.05, 3.63) is 9.93 Å². The standard InChI is InChI=1S/C7H13NO4S2.O2/c1-13-7(6(9)8-10)2-4-14(11,12)5-3-7;1-2/h10H,2-5H2,1H3,(H,8,9);. The van der Waals surface area contributed by atoms with Gasteiger partial charge in [0.05, 0.1) is 16.3 Å². The van der Waals surface area contributed by atoms with Gasteiger partial charge < -0.3 is 0 Å². The summed E-state index contributed by atoms with van der Waals surface area (Å²) in [6.07, 6.45) is 2.28. The molecule has 1 amide bonds. The summed E-state index contributed by atoms with van der Waals surface area (Å²) in [7, 11) is -2.98. The van der Waals surface area contributed by atoms with Crippen LogP contribution in [0.15, 0.2) is 0 Å². The van der Waals surface area contributed by atoms with Gasteiger partial charge in [0.25, 0.3) is 5.91 Å². The summed E-state index contributed by atoms with van der Waals surface area (Å²) in [5, 5.41) is 8.55. The Morgan fingerprint density at radius 2 is 1.75 bits per heavy atom. The van der Waals surface area contributed by atoms with Crippen LogP contribution in [0.5, 0.6) is 0 Å². The van der Waals surface area contributed by atoms with Crippen molar-refractivity contribution in [1.82, 2.24) is 5.48 Å². The van der Waals surface area contributed by atoms with Crippen molar-refractivity contribution in [2.24, 2.45) is 0 Å². The molecule has 1 saturated heterocycles. The quantitative estimate of drug-likeness (QED) is 0.530. The third kappa shape index (κ3) is 3.42. The summed E-state index contributed by atoms with van der Waals surface area (Å²) >= 11 is 1.29. The van der Waals surface area contributed by atoms with Gasteiger partial charge in [-0.2, -0.15) is 0 Å². The number of hydrogen-bond donors (Lipinski definition) is 2. The highest BCUT2D eigenvalue weighted by molar-refractivity contribution is 8.01. The van der Waals surface area contributed by atoms with E-state index in [4.69, 9.17) is 15.1 Å². The highest BCUT2D eigenvalue weighted by Crippen LogP contribution is 2.35. The van der Waals surface area contributed by atoms with E-state index in [1.807, 2.05) is 0 Å². The number of carbonyl (C=O) groups is 1. The molecule has 0 saturated carbocycles. The summed E-state index contributed by atoms with van der Waals surface area (Å²) in [5.74, 6) is -0.470. The Morgan fingerprint density at radius 3 is 2.06 bits per heavy atom. The third-order valence-corrected chi connectivity index (χ3v) is 5.57. The summed E-state index contributed by atoms with van der Waals surface area (Å²) in [6, 6.07) is 0. The van der Waals surface area contributed by atoms with Crippen molar-refractivity contribution in [2.45, 2.75) is 17.6 Å². The molecule has 16 heavy (non-hydrogen) atoms. The molecule has 7 nitrogen and oxygen atoms in total. The largest absolute Gasteiger partial charge is 0.289 e. The maximum Gasteiger partial charge on any atom is 0.259 e. The highest BCUT2D eigenvalue weighted by Gasteiger charge is 2.42. The molecule has 1 rings (SSSR count). The van der Waals surface area contributed by atoms with Gasteiger partial charge in [-0.05, 0) is 19.1 Å². The second-order valence-corrected chi connectivity index (χ2v) is 6.78. The first-order valence-corrected chi connectivity index (χ1v) is 7.37. The summed E-state index contributed by atoms with van der Waals surface area (Å²) in [5.41, 5.74) is 1.60. The fourth-order valence-corrected chi connectivity index (χ4v) is 4.12. The first-order chi connectivity index (χ1) is 7.46. The molecule has 0 aliphatic carbocycles.